The Kier molecular flexibility index (Phi) is 7.05. The molecule has 0 unspecified atom stereocenters. The lowest BCUT2D eigenvalue weighted by atomic mass is 10.1. The molecule has 0 aliphatic heterocycles. The third kappa shape index (κ3) is 5.59. The van der Waals surface area contributed by atoms with E-state index in [9.17, 15) is 13.2 Å². The van der Waals surface area contributed by atoms with Gasteiger partial charge in [-0.05, 0) is 61.4 Å². The highest BCUT2D eigenvalue weighted by Crippen LogP contribution is 2.23. The quantitative estimate of drug-likeness (QED) is 0.536. The summed E-state index contributed by atoms with van der Waals surface area (Å²) in [5.41, 5.74) is 3.22. The van der Waals surface area contributed by atoms with Crippen LogP contribution in [0.3, 0.4) is 0 Å². The molecule has 8 heteroatoms. The first-order valence-corrected chi connectivity index (χ1v) is 11.4. The number of aryl methyl sites for hydroxylation is 2. The summed E-state index contributed by atoms with van der Waals surface area (Å²) in [4.78, 5) is 12.8. The van der Waals surface area contributed by atoms with Gasteiger partial charge in [0.1, 0.15) is 11.5 Å². The van der Waals surface area contributed by atoms with Crippen LogP contribution >= 0.6 is 0 Å². The summed E-state index contributed by atoms with van der Waals surface area (Å²) in [7, 11) is -0.742. The van der Waals surface area contributed by atoms with Crippen molar-refractivity contribution < 1.29 is 22.7 Å². The molecule has 0 aliphatic rings. The van der Waals surface area contributed by atoms with E-state index in [0.717, 1.165) is 11.1 Å². The number of amides is 1. The first kappa shape index (κ1) is 23.1. The molecular weight excluding hydrogens is 428 g/mol. The largest absolute Gasteiger partial charge is 0.497 e. The van der Waals surface area contributed by atoms with E-state index >= 15 is 0 Å². The van der Waals surface area contributed by atoms with E-state index in [1.165, 1.54) is 12.1 Å². The maximum absolute atomic E-state index is 12.8. The van der Waals surface area contributed by atoms with Crippen molar-refractivity contribution in [2.45, 2.75) is 25.3 Å². The van der Waals surface area contributed by atoms with Crippen molar-refractivity contribution in [3.63, 3.8) is 0 Å². The third-order valence-electron chi connectivity index (χ3n) is 4.93. The summed E-state index contributed by atoms with van der Waals surface area (Å²) >= 11 is 0. The van der Waals surface area contributed by atoms with Crippen LogP contribution in [0.5, 0.6) is 11.5 Å². The third-order valence-corrected chi connectivity index (χ3v) is 6.31. The van der Waals surface area contributed by atoms with Gasteiger partial charge in [0, 0.05) is 23.9 Å². The number of sulfonamides is 1. The molecule has 1 amide bonds. The zero-order chi connectivity index (χ0) is 23.3. The number of nitrogens with one attached hydrogen (secondary N) is 2. The average Bonchev–Trinajstić information content (AvgIpc) is 2.78. The number of ether oxygens (including phenoxy) is 2. The van der Waals surface area contributed by atoms with Crippen molar-refractivity contribution in [3.05, 3.63) is 82.9 Å². The van der Waals surface area contributed by atoms with Crippen LogP contribution in [0.25, 0.3) is 0 Å². The molecule has 0 atom stereocenters. The van der Waals surface area contributed by atoms with Crippen LogP contribution in [-0.2, 0) is 16.6 Å². The number of rotatable bonds is 8. The summed E-state index contributed by atoms with van der Waals surface area (Å²) in [6.07, 6.45) is 0. The lowest BCUT2D eigenvalue weighted by molar-refractivity contribution is 0.0950. The highest BCUT2D eigenvalue weighted by molar-refractivity contribution is 7.92. The van der Waals surface area contributed by atoms with Gasteiger partial charge in [0.2, 0.25) is 0 Å². The van der Waals surface area contributed by atoms with Crippen LogP contribution < -0.4 is 19.5 Å². The minimum absolute atomic E-state index is 0.0110. The summed E-state index contributed by atoms with van der Waals surface area (Å²) in [5, 5.41) is 2.83. The van der Waals surface area contributed by atoms with Crippen LogP contribution in [0.1, 0.15) is 27.0 Å². The normalized spacial score (nSPS) is 11.0. The van der Waals surface area contributed by atoms with E-state index in [0.29, 0.717) is 22.7 Å². The Morgan fingerprint density at radius 2 is 1.50 bits per heavy atom. The van der Waals surface area contributed by atoms with Gasteiger partial charge in [0.05, 0.1) is 19.1 Å². The zero-order valence-electron chi connectivity index (χ0n) is 18.4. The highest BCUT2D eigenvalue weighted by atomic mass is 32.2. The topological polar surface area (TPSA) is 93.7 Å². The van der Waals surface area contributed by atoms with Crippen LogP contribution in [0.4, 0.5) is 5.69 Å². The number of hydrogen-bond donors (Lipinski definition) is 2. The summed E-state index contributed by atoms with van der Waals surface area (Å²) in [6.45, 7) is 3.91. The second-order valence-electron chi connectivity index (χ2n) is 7.35. The number of benzene rings is 3. The fraction of sp³-hybridized carbons (Fsp3) is 0.208. The van der Waals surface area contributed by atoms with E-state index < -0.39 is 10.0 Å². The van der Waals surface area contributed by atoms with Gasteiger partial charge in [-0.1, -0.05) is 23.8 Å². The minimum Gasteiger partial charge on any atom is -0.497 e. The molecule has 0 aliphatic carbocycles. The molecule has 0 saturated heterocycles. The van der Waals surface area contributed by atoms with Crippen LogP contribution in [0.15, 0.2) is 65.6 Å². The molecule has 0 radical (unpaired) electrons. The van der Waals surface area contributed by atoms with Crippen molar-refractivity contribution in [2.75, 3.05) is 18.9 Å². The van der Waals surface area contributed by atoms with E-state index in [1.54, 1.807) is 57.5 Å². The maximum atomic E-state index is 12.8. The van der Waals surface area contributed by atoms with Gasteiger partial charge in [-0.2, -0.15) is 0 Å². The van der Waals surface area contributed by atoms with E-state index in [4.69, 9.17) is 9.47 Å². The Bertz CT molecular complexity index is 1200. The minimum atomic E-state index is -3.85. The number of anilines is 1. The van der Waals surface area contributed by atoms with Crippen molar-refractivity contribution in [1.82, 2.24) is 5.32 Å². The summed E-state index contributed by atoms with van der Waals surface area (Å²) < 4.78 is 38.7. The predicted molar refractivity (Wildman–Crippen MR) is 124 cm³/mol. The number of carbonyl (C=O) groups excluding carboxylic acids is 1. The molecule has 0 aromatic heterocycles. The number of methoxy groups -OCH3 is 2. The highest BCUT2D eigenvalue weighted by Gasteiger charge is 2.18. The molecule has 168 valence electrons. The molecule has 0 spiro atoms. The van der Waals surface area contributed by atoms with Crippen LogP contribution in [-0.4, -0.2) is 28.5 Å². The van der Waals surface area contributed by atoms with Crippen molar-refractivity contribution in [1.29, 1.82) is 0 Å². The Labute approximate surface area is 188 Å². The predicted octanol–water partition coefficient (Wildman–Crippen LogP) is 4.05. The van der Waals surface area contributed by atoms with E-state index in [2.05, 4.69) is 10.0 Å². The molecule has 0 fully saturated rings. The number of hydrogen-bond acceptors (Lipinski definition) is 5. The smallest absolute Gasteiger partial charge is 0.261 e. The van der Waals surface area contributed by atoms with E-state index in [1.807, 2.05) is 19.1 Å². The molecule has 32 heavy (non-hydrogen) atoms. The summed E-state index contributed by atoms with van der Waals surface area (Å²) in [5.74, 6) is 0.844. The van der Waals surface area contributed by atoms with Crippen molar-refractivity contribution in [3.8, 4) is 11.5 Å². The molecular formula is C24H26N2O5S. The Balaban J connectivity index is 1.79. The first-order chi connectivity index (χ1) is 15.2. The molecule has 7 nitrogen and oxygen atoms in total. The lowest BCUT2D eigenvalue weighted by Gasteiger charge is -2.13. The maximum Gasteiger partial charge on any atom is 0.261 e. The van der Waals surface area contributed by atoms with Gasteiger partial charge in [-0.15, -0.1) is 0 Å². The molecule has 3 aromatic rings. The molecule has 3 rings (SSSR count). The van der Waals surface area contributed by atoms with Crippen molar-refractivity contribution >= 4 is 21.6 Å². The van der Waals surface area contributed by atoms with E-state index in [-0.39, 0.29) is 22.9 Å². The lowest BCUT2D eigenvalue weighted by Crippen LogP contribution is -2.24. The molecule has 0 heterocycles. The van der Waals surface area contributed by atoms with Crippen molar-refractivity contribution in [2.24, 2.45) is 0 Å². The second kappa shape index (κ2) is 9.74. The van der Waals surface area contributed by atoms with Gasteiger partial charge in [0.25, 0.3) is 15.9 Å². The second-order valence-corrected chi connectivity index (χ2v) is 9.03. The fourth-order valence-electron chi connectivity index (χ4n) is 3.09. The zero-order valence-corrected chi connectivity index (χ0v) is 19.2. The first-order valence-electron chi connectivity index (χ1n) is 9.92. The molecule has 0 saturated carbocycles. The van der Waals surface area contributed by atoms with Gasteiger partial charge < -0.3 is 14.8 Å². The van der Waals surface area contributed by atoms with Gasteiger partial charge in [0.15, 0.2) is 0 Å². The Morgan fingerprint density at radius 1 is 0.875 bits per heavy atom. The van der Waals surface area contributed by atoms with Gasteiger partial charge in [-0.25, -0.2) is 8.42 Å². The van der Waals surface area contributed by atoms with Gasteiger partial charge >= 0.3 is 0 Å². The monoisotopic (exact) mass is 454 g/mol. The molecule has 0 bridgehead atoms. The van der Waals surface area contributed by atoms with Crippen LogP contribution in [0, 0.1) is 13.8 Å². The van der Waals surface area contributed by atoms with Crippen LogP contribution in [0.2, 0.25) is 0 Å². The Morgan fingerprint density at radius 3 is 2.09 bits per heavy atom. The standard InChI is InChI=1S/C24H26N2O5S/c1-16-5-8-19(9-6-16)26-32(28,29)22-10-7-17(2)23(14-22)24(27)25-15-18-11-20(30-3)13-21(12-18)31-4/h5-14,26H,15H2,1-4H3,(H,25,27). The fourth-order valence-corrected chi connectivity index (χ4v) is 4.18. The molecule has 3 aromatic carbocycles. The average molecular weight is 455 g/mol. The molecule has 2 N–H and O–H groups in total. The Hall–Kier alpha value is -3.52. The number of carbonyl (C=O) groups is 1. The SMILES string of the molecule is COc1cc(CNC(=O)c2cc(S(=O)(=O)Nc3ccc(C)cc3)ccc2C)cc(OC)c1. The van der Waals surface area contributed by atoms with Gasteiger partial charge in [-0.3, -0.25) is 9.52 Å². The summed E-state index contributed by atoms with van der Waals surface area (Å²) in [6, 6.07) is 16.8.